The first-order valence-corrected chi connectivity index (χ1v) is 14.7. The van der Waals surface area contributed by atoms with Crippen molar-refractivity contribution in [2.45, 2.75) is 46.2 Å². The van der Waals surface area contributed by atoms with Crippen LogP contribution in [0.5, 0.6) is 5.88 Å². The number of fused-ring (bicyclic) bond motifs is 1. The van der Waals surface area contributed by atoms with E-state index in [-0.39, 0.29) is 5.56 Å². The second-order valence-corrected chi connectivity index (χ2v) is 10.9. The Morgan fingerprint density at radius 1 is 1.05 bits per heavy atom. The van der Waals surface area contributed by atoms with Gasteiger partial charge in [-0.1, -0.05) is 13.8 Å². The molecule has 0 spiro atoms. The summed E-state index contributed by atoms with van der Waals surface area (Å²) in [6.45, 7) is 18.3. The van der Waals surface area contributed by atoms with E-state index in [1.807, 2.05) is 52.8 Å². The number of aryl methyl sites for hydroxylation is 1. The monoisotopic (exact) mass is 571 g/mol. The molecule has 0 N–H and O–H groups in total. The number of likely N-dealkylation sites (N-methyl/N-ethyl adjacent to an activating group) is 1. The molecular formula is C30H45N5O4S. The second kappa shape index (κ2) is 17.0. The van der Waals surface area contributed by atoms with E-state index in [0.29, 0.717) is 18.5 Å². The minimum absolute atomic E-state index is 0.0591. The summed E-state index contributed by atoms with van der Waals surface area (Å²) in [6.07, 6.45) is 6.32. The van der Waals surface area contributed by atoms with Crippen LogP contribution in [0, 0.1) is 0 Å². The second-order valence-electron chi connectivity index (χ2n) is 9.78. The summed E-state index contributed by atoms with van der Waals surface area (Å²) in [5, 5.41) is 0.801. The molecule has 0 radical (unpaired) electrons. The SMILES string of the molecule is C=O.C=O.CC.C[C@@H]1CN(C)CCN1Cc1cc2c(=O)n(C)cc(-c3ccnc(OCCN4CCCC4)c3)c2s1. The smallest absolute Gasteiger partial charge is 0.259 e. The van der Waals surface area contributed by atoms with Gasteiger partial charge in [0.1, 0.15) is 20.2 Å². The molecule has 0 aliphatic carbocycles. The van der Waals surface area contributed by atoms with E-state index in [1.165, 1.54) is 30.8 Å². The van der Waals surface area contributed by atoms with Gasteiger partial charge in [-0.15, -0.1) is 11.3 Å². The molecule has 2 aliphatic heterocycles. The molecular weight excluding hydrogens is 526 g/mol. The molecule has 10 heteroatoms. The van der Waals surface area contributed by atoms with Gasteiger partial charge in [0.2, 0.25) is 5.88 Å². The Morgan fingerprint density at radius 2 is 1.75 bits per heavy atom. The maximum atomic E-state index is 13.0. The van der Waals surface area contributed by atoms with Crippen molar-refractivity contribution >= 4 is 35.0 Å². The number of pyridine rings is 2. The first kappa shape index (κ1) is 33.3. The molecule has 0 unspecified atom stereocenters. The zero-order valence-corrected chi connectivity index (χ0v) is 25.5. The number of piperazine rings is 1. The van der Waals surface area contributed by atoms with E-state index < -0.39 is 0 Å². The van der Waals surface area contributed by atoms with Gasteiger partial charge in [-0.2, -0.15) is 0 Å². The Labute approximate surface area is 242 Å². The van der Waals surface area contributed by atoms with Crippen molar-refractivity contribution in [2.24, 2.45) is 7.05 Å². The van der Waals surface area contributed by atoms with Gasteiger partial charge in [0.15, 0.2) is 0 Å². The maximum absolute atomic E-state index is 13.0. The molecule has 1 atom stereocenters. The Morgan fingerprint density at radius 3 is 2.42 bits per heavy atom. The molecule has 9 nitrogen and oxygen atoms in total. The molecule has 0 saturated carbocycles. The average Bonchev–Trinajstić information content (AvgIpc) is 3.66. The lowest BCUT2D eigenvalue weighted by Crippen LogP contribution is -2.49. The molecule has 2 fully saturated rings. The number of likely N-dealkylation sites (tertiary alicyclic amines) is 1. The molecule has 0 aromatic carbocycles. The van der Waals surface area contributed by atoms with E-state index in [9.17, 15) is 4.79 Å². The fourth-order valence-electron chi connectivity index (χ4n) is 5.14. The van der Waals surface area contributed by atoms with E-state index in [0.717, 1.165) is 53.9 Å². The van der Waals surface area contributed by atoms with Crippen LogP contribution >= 0.6 is 11.3 Å². The van der Waals surface area contributed by atoms with Crippen molar-refractivity contribution in [2.75, 3.05) is 52.9 Å². The standard InChI is InChI=1S/C26H35N5O2S.C2H6.2CH2O/c1-19-16-28(2)10-11-31(19)17-21-15-22-25(34-21)23(18-29(3)26(22)32)20-6-7-27-24(14-20)33-13-12-30-8-4-5-9-30;3*1-2/h6-7,14-15,18-19H,4-5,8-13,16-17H2,1-3H3;1-2H3;2*1H2/t19-;;;/m1.../s1. The Kier molecular flexibility index (Phi) is 14.2. The van der Waals surface area contributed by atoms with Crippen LogP contribution in [0.4, 0.5) is 0 Å². The highest BCUT2D eigenvalue weighted by Gasteiger charge is 2.23. The third kappa shape index (κ3) is 8.54. The highest BCUT2D eigenvalue weighted by atomic mass is 32.1. The van der Waals surface area contributed by atoms with Crippen molar-refractivity contribution in [1.29, 1.82) is 0 Å². The topological polar surface area (TPSA) is 88.0 Å². The highest BCUT2D eigenvalue weighted by Crippen LogP contribution is 2.35. The normalized spacial score (nSPS) is 17.7. The van der Waals surface area contributed by atoms with Crippen LogP contribution in [0.2, 0.25) is 0 Å². The van der Waals surface area contributed by atoms with E-state index >= 15 is 0 Å². The predicted molar refractivity (Wildman–Crippen MR) is 164 cm³/mol. The number of nitrogens with zero attached hydrogens (tertiary/aromatic N) is 5. The number of carbonyl (C=O) groups is 2. The van der Waals surface area contributed by atoms with Crippen LogP contribution in [0.25, 0.3) is 21.2 Å². The Hall–Kier alpha value is -2.92. The van der Waals surface area contributed by atoms with Crippen molar-refractivity contribution in [3.8, 4) is 17.0 Å². The molecule has 5 heterocycles. The lowest BCUT2D eigenvalue weighted by Gasteiger charge is -2.37. The van der Waals surface area contributed by atoms with Crippen LogP contribution in [-0.4, -0.2) is 96.8 Å². The van der Waals surface area contributed by atoms with E-state index in [1.54, 1.807) is 22.1 Å². The van der Waals surface area contributed by atoms with Gasteiger partial charge in [-0.3, -0.25) is 14.6 Å². The van der Waals surface area contributed by atoms with Crippen molar-refractivity contribution in [3.63, 3.8) is 0 Å². The van der Waals surface area contributed by atoms with Crippen molar-refractivity contribution in [1.82, 2.24) is 24.3 Å². The minimum Gasteiger partial charge on any atom is -0.476 e. The van der Waals surface area contributed by atoms with Crippen LogP contribution in [-0.2, 0) is 23.2 Å². The van der Waals surface area contributed by atoms with Gasteiger partial charge in [-0.25, -0.2) is 4.98 Å². The quantitative estimate of drug-likeness (QED) is 0.422. The molecule has 2 aliphatic rings. The molecule has 0 amide bonds. The van der Waals surface area contributed by atoms with Crippen LogP contribution in [0.15, 0.2) is 35.4 Å². The summed E-state index contributed by atoms with van der Waals surface area (Å²) in [6, 6.07) is 6.62. The molecule has 5 rings (SSSR count). The van der Waals surface area contributed by atoms with Gasteiger partial charge in [0, 0.05) is 79.4 Å². The van der Waals surface area contributed by atoms with Crippen LogP contribution < -0.4 is 10.3 Å². The summed E-state index contributed by atoms with van der Waals surface area (Å²) >= 11 is 1.74. The minimum atomic E-state index is 0.0591. The zero-order valence-electron chi connectivity index (χ0n) is 24.7. The molecule has 3 aromatic heterocycles. The number of carbonyl (C=O) groups excluding carboxylic acids is 2. The van der Waals surface area contributed by atoms with Gasteiger partial charge >= 0.3 is 0 Å². The highest BCUT2D eigenvalue weighted by molar-refractivity contribution is 7.19. The summed E-state index contributed by atoms with van der Waals surface area (Å²) < 4.78 is 8.74. The first-order valence-electron chi connectivity index (χ1n) is 13.9. The lowest BCUT2D eigenvalue weighted by molar-refractivity contribution is -0.0987. The lowest BCUT2D eigenvalue weighted by atomic mass is 10.1. The van der Waals surface area contributed by atoms with Crippen LogP contribution in [0.1, 0.15) is 38.5 Å². The molecule has 40 heavy (non-hydrogen) atoms. The van der Waals surface area contributed by atoms with Gasteiger partial charge < -0.3 is 23.8 Å². The van der Waals surface area contributed by atoms with E-state index in [4.69, 9.17) is 14.3 Å². The van der Waals surface area contributed by atoms with Crippen LogP contribution in [0.3, 0.4) is 0 Å². The largest absolute Gasteiger partial charge is 0.476 e. The van der Waals surface area contributed by atoms with Gasteiger partial charge in [0.05, 0.1) is 5.39 Å². The molecule has 2 saturated heterocycles. The average molecular weight is 572 g/mol. The number of hydrogen-bond acceptors (Lipinski definition) is 9. The third-order valence-electron chi connectivity index (χ3n) is 7.13. The number of rotatable bonds is 7. The van der Waals surface area contributed by atoms with E-state index in [2.05, 4.69) is 39.7 Å². The van der Waals surface area contributed by atoms with Gasteiger partial charge in [0.25, 0.3) is 5.56 Å². The fraction of sp³-hybridized carbons (Fsp3) is 0.533. The number of hydrogen-bond donors (Lipinski definition) is 0. The zero-order chi connectivity index (χ0) is 29.7. The molecule has 3 aromatic rings. The summed E-state index contributed by atoms with van der Waals surface area (Å²) in [5.74, 6) is 0.641. The number of aromatic nitrogens is 2. The van der Waals surface area contributed by atoms with Crippen molar-refractivity contribution < 1.29 is 14.3 Å². The third-order valence-corrected chi connectivity index (χ3v) is 8.28. The Balaban J connectivity index is 0.000000876. The van der Waals surface area contributed by atoms with Crippen molar-refractivity contribution in [3.05, 3.63) is 45.8 Å². The Bertz CT molecular complexity index is 1240. The molecule has 0 bridgehead atoms. The predicted octanol–water partition coefficient (Wildman–Crippen LogP) is 3.93. The fourth-order valence-corrected chi connectivity index (χ4v) is 6.35. The summed E-state index contributed by atoms with van der Waals surface area (Å²) in [4.78, 5) is 42.0. The van der Waals surface area contributed by atoms with Gasteiger partial charge in [-0.05, 0) is 57.6 Å². The number of ether oxygens (including phenoxy) is 1. The maximum Gasteiger partial charge on any atom is 0.259 e. The first-order chi connectivity index (χ1) is 19.5. The summed E-state index contributed by atoms with van der Waals surface area (Å²) in [7, 11) is 4.02. The number of thiophene rings is 1. The summed E-state index contributed by atoms with van der Waals surface area (Å²) in [5.41, 5.74) is 2.16. The molecule has 220 valence electrons.